The molecule has 0 unspecified atom stereocenters. The molecule has 0 amide bonds. The SMILES string of the molecule is COc1cc(C)cc(C)c1C#CCCCl. The predicted octanol–water partition coefficient (Wildman–Crippen LogP) is 3.29. The van der Waals surface area contributed by atoms with Crippen LogP contribution in [0.25, 0.3) is 0 Å². The van der Waals surface area contributed by atoms with Gasteiger partial charge in [0.1, 0.15) is 5.75 Å². The van der Waals surface area contributed by atoms with Crippen molar-refractivity contribution in [2.75, 3.05) is 13.0 Å². The number of hydrogen-bond donors (Lipinski definition) is 0. The molecule has 0 bridgehead atoms. The van der Waals surface area contributed by atoms with Gasteiger partial charge in [0.15, 0.2) is 0 Å². The molecule has 0 radical (unpaired) electrons. The summed E-state index contributed by atoms with van der Waals surface area (Å²) in [6, 6.07) is 4.10. The van der Waals surface area contributed by atoms with Crippen LogP contribution < -0.4 is 4.74 Å². The van der Waals surface area contributed by atoms with Crippen LogP contribution in [-0.4, -0.2) is 13.0 Å². The summed E-state index contributed by atoms with van der Waals surface area (Å²) in [5.74, 6) is 7.54. The number of ether oxygens (including phenoxy) is 1. The highest BCUT2D eigenvalue weighted by molar-refractivity contribution is 6.18. The first-order chi connectivity index (χ1) is 7.19. The summed E-state index contributed by atoms with van der Waals surface area (Å²) in [4.78, 5) is 0. The molecule has 0 saturated heterocycles. The Bertz CT molecular complexity index is 399. The smallest absolute Gasteiger partial charge is 0.135 e. The van der Waals surface area contributed by atoms with Gasteiger partial charge in [-0.3, -0.25) is 0 Å². The third-order valence-corrected chi connectivity index (χ3v) is 2.29. The molecule has 1 aromatic carbocycles. The fourth-order valence-electron chi connectivity index (χ4n) is 1.45. The molecule has 1 rings (SSSR count). The summed E-state index contributed by atoms with van der Waals surface area (Å²) >= 11 is 5.57. The molecule has 0 aliphatic carbocycles. The van der Waals surface area contributed by atoms with Crippen LogP contribution >= 0.6 is 11.6 Å². The molecule has 0 spiro atoms. The molecular weight excluding hydrogens is 208 g/mol. The summed E-state index contributed by atoms with van der Waals surface area (Å²) in [5.41, 5.74) is 3.30. The first-order valence-corrected chi connectivity index (χ1v) is 5.42. The number of rotatable bonds is 2. The summed E-state index contributed by atoms with van der Waals surface area (Å²) in [6.45, 7) is 4.09. The standard InChI is InChI=1S/C13H15ClO/c1-10-8-11(2)12(6-4-5-7-14)13(9-10)15-3/h8-9H,5,7H2,1-3H3. The average molecular weight is 223 g/mol. The highest BCUT2D eigenvalue weighted by Crippen LogP contribution is 2.22. The Hall–Kier alpha value is -1.13. The van der Waals surface area contributed by atoms with E-state index in [1.807, 2.05) is 19.9 Å². The number of aryl methyl sites for hydroxylation is 2. The predicted molar refractivity (Wildman–Crippen MR) is 64.7 cm³/mol. The summed E-state index contributed by atoms with van der Waals surface area (Å²) in [6.07, 6.45) is 0.706. The minimum absolute atomic E-state index is 0.570. The number of benzene rings is 1. The van der Waals surface area contributed by atoms with Gasteiger partial charge >= 0.3 is 0 Å². The first-order valence-electron chi connectivity index (χ1n) is 4.89. The number of hydrogen-bond acceptors (Lipinski definition) is 1. The molecule has 0 aliphatic heterocycles. The van der Waals surface area contributed by atoms with Crippen LogP contribution in [0.2, 0.25) is 0 Å². The van der Waals surface area contributed by atoms with Gasteiger partial charge in [-0.05, 0) is 31.0 Å². The van der Waals surface area contributed by atoms with Gasteiger partial charge in [0, 0.05) is 12.3 Å². The van der Waals surface area contributed by atoms with Gasteiger partial charge in [-0.1, -0.05) is 17.9 Å². The van der Waals surface area contributed by atoms with E-state index < -0.39 is 0 Å². The van der Waals surface area contributed by atoms with Crippen molar-refractivity contribution in [3.05, 3.63) is 28.8 Å². The van der Waals surface area contributed by atoms with E-state index >= 15 is 0 Å². The Kier molecular flexibility index (Phi) is 4.52. The van der Waals surface area contributed by atoms with Crippen LogP contribution in [0.15, 0.2) is 12.1 Å². The molecule has 0 aliphatic rings. The van der Waals surface area contributed by atoms with Crippen LogP contribution in [0, 0.1) is 25.7 Å². The second-order valence-electron chi connectivity index (χ2n) is 3.40. The van der Waals surface area contributed by atoms with Gasteiger partial charge in [0.25, 0.3) is 0 Å². The molecule has 0 heterocycles. The van der Waals surface area contributed by atoms with Crippen molar-refractivity contribution in [3.8, 4) is 17.6 Å². The Morgan fingerprint density at radius 1 is 1.33 bits per heavy atom. The fraction of sp³-hybridized carbons (Fsp3) is 0.385. The van der Waals surface area contributed by atoms with Gasteiger partial charge in [0.05, 0.1) is 12.7 Å². The molecule has 80 valence electrons. The van der Waals surface area contributed by atoms with E-state index in [-0.39, 0.29) is 0 Å². The van der Waals surface area contributed by atoms with Crippen LogP contribution in [0.4, 0.5) is 0 Å². The third kappa shape index (κ3) is 3.18. The summed E-state index contributed by atoms with van der Waals surface area (Å²) in [7, 11) is 1.67. The second kappa shape index (κ2) is 5.68. The van der Waals surface area contributed by atoms with Gasteiger partial charge < -0.3 is 4.74 Å². The molecule has 0 aromatic heterocycles. The van der Waals surface area contributed by atoms with Gasteiger partial charge in [-0.15, -0.1) is 11.6 Å². The van der Waals surface area contributed by atoms with Crippen molar-refractivity contribution < 1.29 is 4.74 Å². The van der Waals surface area contributed by atoms with Crippen molar-refractivity contribution in [3.63, 3.8) is 0 Å². The van der Waals surface area contributed by atoms with Crippen LogP contribution in [0.5, 0.6) is 5.75 Å². The molecule has 15 heavy (non-hydrogen) atoms. The van der Waals surface area contributed by atoms with E-state index in [9.17, 15) is 0 Å². The highest BCUT2D eigenvalue weighted by Gasteiger charge is 2.04. The Balaban J connectivity index is 3.11. The van der Waals surface area contributed by atoms with Crippen LogP contribution in [0.1, 0.15) is 23.1 Å². The lowest BCUT2D eigenvalue weighted by Gasteiger charge is -2.07. The maximum absolute atomic E-state index is 5.57. The van der Waals surface area contributed by atoms with Crippen LogP contribution in [0.3, 0.4) is 0 Å². The van der Waals surface area contributed by atoms with Crippen molar-refractivity contribution in [2.24, 2.45) is 0 Å². The van der Waals surface area contributed by atoms with Crippen molar-refractivity contribution in [2.45, 2.75) is 20.3 Å². The van der Waals surface area contributed by atoms with E-state index in [2.05, 4.69) is 17.9 Å². The van der Waals surface area contributed by atoms with Crippen molar-refractivity contribution in [1.82, 2.24) is 0 Å². The lowest BCUT2D eigenvalue weighted by atomic mass is 10.0. The molecule has 1 nitrogen and oxygen atoms in total. The monoisotopic (exact) mass is 222 g/mol. The summed E-state index contributed by atoms with van der Waals surface area (Å²) in [5, 5.41) is 0. The average Bonchev–Trinajstić information content (AvgIpc) is 2.20. The maximum Gasteiger partial charge on any atom is 0.135 e. The Morgan fingerprint density at radius 3 is 2.67 bits per heavy atom. The molecule has 2 heteroatoms. The molecule has 1 aromatic rings. The van der Waals surface area contributed by atoms with E-state index in [1.165, 1.54) is 5.56 Å². The maximum atomic E-state index is 5.57. The zero-order valence-corrected chi connectivity index (χ0v) is 10.1. The van der Waals surface area contributed by atoms with E-state index in [0.29, 0.717) is 12.3 Å². The fourth-order valence-corrected chi connectivity index (χ4v) is 1.54. The number of halogens is 1. The van der Waals surface area contributed by atoms with E-state index in [4.69, 9.17) is 16.3 Å². The minimum atomic E-state index is 0.570. The molecule has 0 fully saturated rings. The Morgan fingerprint density at radius 2 is 2.07 bits per heavy atom. The topological polar surface area (TPSA) is 9.23 Å². The highest BCUT2D eigenvalue weighted by atomic mass is 35.5. The normalized spacial score (nSPS) is 9.33. The first kappa shape index (κ1) is 11.9. The zero-order valence-electron chi connectivity index (χ0n) is 9.36. The molecule has 0 atom stereocenters. The van der Waals surface area contributed by atoms with Crippen LogP contribution in [-0.2, 0) is 0 Å². The van der Waals surface area contributed by atoms with Crippen molar-refractivity contribution >= 4 is 11.6 Å². The van der Waals surface area contributed by atoms with Gasteiger partial charge in [0.2, 0.25) is 0 Å². The van der Waals surface area contributed by atoms with Crippen molar-refractivity contribution in [1.29, 1.82) is 0 Å². The van der Waals surface area contributed by atoms with E-state index in [1.54, 1.807) is 7.11 Å². The zero-order chi connectivity index (χ0) is 11.3. The Labute approximate surface area is 96.4 Å². The third-order valence-electron chi connectivity index (χ3n) is 2.10. The molecule has 0 saturated carbocycles. The number of alkyl halides is 1. The minimum Gasteiger partial charge on any atom is -0.495 e. The molecule has 0 N–H and O–H groups in total. The number of methoxy groups -OCH3 is 1. The quantitative estimate of drug-likeness (QED) is 0.551. The van der Waals surface area contributed by atoms with Gasteiger partial charge in [-0.25, -0.2) is 0 Å². The largest absolute Gasteiger partial charge is 0.495 e. The van der Waals surface area contributed by atoms with Gasteiger partial charge in [-0.2, -0.15) is 0 Å². The lowest BCUT2D eigenvalue weighted by molar-refractivity contribution is 0.413. The summed E-state index contributed by atoms with van der Waals surface area (Å²) < 4.78 is 5.30. The second-order valence-corrected chi connectivity index (χ2v) is 3.78. The molecular formula is C13H15ClO. The van der Waals surface area contributed by atoms with E-state index in [0.717, 1.165) is 16.9 Å². The lowest BCUT2D eigenvalue weighted by Crippen LogP contribution is -1.92.